The Labute approximate surface area is 152 Å². The van der Waals surface area contributed by atoms with Gasteiger partial charge in [0.25, 0.3) is 0 Å². The Kier molecular flexibility index (Phi) is 6.67. The molecule has 0 atom stereocenters. The topological polar surface area (TPSA) is 102 Å². The third-order valence-corrected chi connectivity index (χ3v) is 4.07. The molecule has 0 aliphatic carbocycles. The molecular weight excluding hydrogens is 334 g/mol. The molecule has 1 aliphatic heterocycles. The summed E-state index contributed by atoms with van der Waals surface area (Å²) in [6.45, 7) is 4.02. The molecule has 0 spiro atoms. The Morgan fingerprint density at radius 3 is 2.20 bits per heavy atom. The van der Waals surface area contributed by atoms with Gasteiger partial charge < -0.3 is 20.4 Å². The number of nitriles is 2. The van der Waals surface area contributed by atoms with Crippen molar-refractivity contribution in [3.63, 3.8) is 0 Å². The van der Waals surface area contributed by atoms with E-state index in [0.717, 1.165) is 31.9 Å². The summed E-state index contributed by atoms with van der Waals surface area (Å²) in [5.41, 5.74) is 7.48. The van der Waals surface area contributed by atoms with Crippen LogP contribution < -0.4 is 5.73 Å². The van der Waals surface area contributed by atoms with Gasteiger partial charge in [0, 0.05) is 18.7 Å². The summed E-state index contributed by atoms with van der Waals surface area (Å²) in [6.07, 6.45) is 0. The molecule has 3 N–H and O–H groups in total. The fourth-order valence-corrected chi connectivity index (χ4v) is 2.65. The zero-order valence-corrected chi connectivity index (χ0v) is 14.8. The standard InChI is InChI=1S/C13H8N4S.C5H11NO/c14-6-9-11(8-4-2-1-3-5-8)10(7-15)13(18)17-12(9)16;1-6-2-4-7-5-3-6/h1-5H,(H3,16,17,18);2-5H2,1H3. The van der Waals surface area contributed by atoms with Gasteiger partial charge in [0.15, 0.2) is 0 Å². The molecule has 0 radical (unpaired) electrons. The summed E-state index contributed by atoms with van der Waals surface area (Å²) in [6, 6.07) is 13.2. The van der Waals surface area contributed by atoms with Crippen LogP contribution in [0, 0.1) is 27.3 Å². The zero-order chi connectivity index (χ0) is 18.2. The molecule has 0 unspecified atom stereocenters. The van der Waals surface area contributed by atoms with E-state index in [0.29, 0.717) is 5.56 Å². The molecular formula is C18H19N5OS. The number of likely N-dealkylation sites (N-methyl/N-ethyl adjacent to an activating group) is 1. The number of nitrogen functional groups attached to an aromatic ring is 1. The van der Waals surface area contributed by atoms with E-state index in [4.69, 9.17) is 22.7 Å². The van der Waals surface area contributed by atoms with Gasteiger partial charge in [-0.15, -0.1) is 0 Å². The van der Waals surface area contributed by atoms with E-state index in [9.17, 15) is 10.5 Å². The maximum absolute atomic E-state index is 9.18. The molecule has 3 rings (SSSR count). The maximum atomic E-state index is 9.18. The molecule has 0 saturated carbocycles. The average Bonchev–Trinajstić information content (AvgIpc) is 2.63. The Hall–Kier alpha value is -2.71. The number of hydrogen-bond donors (Lipinski definition) is 2. The average molecular weight is 353 g/mol. The first kappa shape index (κ1) is 18.6. The molecule has 1 aromatic carbocycles. The fourth-order valence-electron chi connectivity index (χ4n) is 2.39. The Balaban J connectivity index is 0.000000269. The summed E-state index contributed by atoms with van der Waals surface area (Å²) in [4.78, 5) is 4.93. The molecule has 6 nitrogen and oxygen atoms in total. The molecule has 1 aromatic heterocycles. The number of pyridine rings is 1. The van der Waals surface area contributed by atoms with Crippen molar-refractivity contribution in [2.45, 2.75) is 0 Å². The predicted octanol–water partition coefficient (Wildman–Crippen LogP) is 2.69. The fraction of sp³-hybridized carbons (Fsp3) is 0.278. The lowest BCUT2D eigenvalue weighted by atomic mass is 9.97. The van der Waals surface area contributed by atoms with Crippen molar-refractivity contribution in [1.29, 1.82) is 10.5 Å². The normalized spacial score (nSPS) is 13.9. The smallest absolute Gasteiger partial charge is 0.123 e. The second-order valence-corrected chi connectivity index (χ2v) is 5.91. The van der Waals surface area contributed by atoms with Crippen molar-refractivity contribution in [2.75, 3.05) is 39.1 Å². The number of rotatable bonds is 1. The van der Waals surface area contributed by atoms with Crippen LogP contribution in [0.3, 0.4) is 0 Å². The van der Waals surface area contributed by atoms with E-state index < -0.39 is 0 Å². The number of benzene rings is 1. The molecule has 0 amide bonds. The van der Waals surface area contributed by atoms with Crippen molar-refractivity contribution in [2.24, 2.45) is 0 Å². The van der Waals surface area contributed by atoms with Crippen molar-refractivity contribution in [3.05, 3.63) is 46.1 Å². The molecule has 1 fully saturated rings. The van der Waals surface area contributed by atoms with Crippen LogP contribution in [-0.4, -0.2) is 43.2 Å². The molecule has 1 saturated heterocycles. The highest BCUT2D eigenvalue weighted by atomic mass is 32.1. The van der Waals surface area contributed by atoms with Gasteiger partial charge in [0.1, 0.15) is 28.2 Å². The highest BCUT2D eigenvalue weighted by Crippen LogP contribution is 2.30. The van der Waals surface area contributed by atoms with Gasteiger partial charge in [-0.3, -0.25) is 0 Å². The SMILES string of the molecule is CN1CCOCC1.N#Cc1c(N)[nH]c(=S)c(C#N)c1-c1ccccc1. The van der Waals surface area contributed by atoms with Crippen LogP contribution in [0.5, 0.6) is 0 Å². The monoisotopic (exact) mass is 353 g/mol. The van der Waals surface area contributed by atoms with Crippen molar-refractivity contribution < 1.29 is 4.74 Å². The maximum Gasteiger partial charge on any atom is 0.123 e. The molecule has 128 valence electrons. The largest absolute Gasteiger partial charge is 0.384 e. The summed E-state index contributed by atoms with van der Waals surface area (Å²) >= 11 is 5.07. The van der Waals surface area contributed by atoms with E-state index in [2.05, 4.69) is 16.9 Å². The lowest BCUT2D eigenvalue weighted by molar-refractivity contribution is 0.0503. The summed E-state index contributed by atoms with van der Waals surface area (Å²) in [7, 11) is 2.11. The second kappa shape index (κ2) is 8.95. The summed E-state index contributed by atoms with van der Waals surface area (Å²) in [5, 5.41) is 18.4. The highest BCUT2D eigenvalue weighted by Gasteiger charge is 2.15. The molecule has 7 heteroatoms. The predicted molar refractivity (Wildman–Crippen MR) is 99.2 cm³/mol. The van der Waals surface area contributed by atoms with Gasteiger partial charge >= 0.3 is 0 Å². The number of nitrogens with one attached hydrogen (secondary N) is 1. The minimum atomic E-state index is 0.181. The molecule has 2 heterocycles. The first-order valence-electron chi connectivity index (χ1n) is 7.76. The van der Waals surface area contributed by atoms with E-state index >= 15 is 0 Å². The van der Waals surface area contributed by atoms with Gasteiger partial charge in [-0.05, 0) is 12.6 Å². The number of anilines is 1. The highest BCUT2D eigenvalue weighted by molar-refractivity contribution is 7.71. The minimum Gasteiger partial charge on any atom is -0.384 e. The first-order valence-corrected chi connectivity index (χ1v) is 8.17. The molecule has 1 aliphatic rings. The number of hydrogen-bond acceptors (Lipinski definition) is 6. The van der Waals surface area contributed by atoms with Gasteiger partial charge in [0.2, 0.25) is 0 Å². The summed E-state index contributed by atoms with van der Waals surface area (Å²) in [5.74, 6) is 0.181. The van der Waals surface area contributed by atoms with Gasteiger partial charge in [0.05, 0.1) is 18.8 Å². The molecule has 25 heavy (non-hydrogen) atoms. The zero-order valence-electron chi connectivity index (χ0n) is 14.0. The van der Waals surface area contributed by atoms with Gasteiger partial charge in [-0.1, -0.05) is 42.5 Å². The molecule has 2 aromatic rings. The number of morpholine rings is 1. The lowest BCUT2D eigenvalue weighted by Gasteiger charge is -2.21. The van der Waals surface area contributed by atoms with Crippen molar-refractivity contribution in [3.8, 4) is 23.3 Å². The Morgan fingerprint density at radius 2 is 1.72 bits per heavy atom. The van der Waals surface area contributed by atoms with Crippen molar-refractivity contribution in [1.82, 2.24) is 9.88 Å². The van der Waals surface area contributed by atoms with E-state index in [1.807, 2.05) is 42.5 Å². The van der Waals surface area contributed by atoms with E-state index in [-0.39, 0.29) is 21.6 Å². The number of aromatic amines is 1. The van der Waals surface area contributed by atoms with Crippen LogP contribution in [0.15, 0.2) is 30.3 Å². The Bertz CT molecular complexity index is 858. The van der Waals surface area contributed by atoms with Crippen molar-refractivity contribution >= 4 is 18.0 Å². The third kappa shape index (κ3) is 4.65. The van der Waals surface area contributed by atoms with Gasteiger partial charge in [-0.2, -0.15) is 10.5 Å². The van der Waals surface area contributed by atoms with Crippen LogP contribution in [0.1, 0.15) is 11.1 Å². The van der Waals surface area contributed by atoms with Crippen LogP contribution in [0.2, 0.25) is 0 Å². The quantitative estimate of drug-likeness (QED) is 0.764. The van der Waals surface area contributed by atoms with E-state index in [1.54, 1.807) is 0 Å². The first-order chi connectivity index (χ1) is 12.1. The lowest BCUT2D eigenvalue weighted by Crippen LogP contribution is -2.32. The Morgan fingerprint density at radius 1 is 1.12 bits per heavy atom. The van der Waals surface area contributed by atoms with Crippen LogP contribution in [0.25, 0.3) is 11.1 Å². The van der Waals surface area contributed by atoms with Crippen LogP contribution in [-0.2, 0) is 4.74 Å². The number of ether oxygens (including phenoxy) is 1. The van der Waals surface area contributed by atoms with Gasteiger partial charge in [-0.25, -0.2) is 0 Å². The van der Waals surface area contributed by atoms with Crippen LogP contribution >= 0.6 is 12.2 Å². The minimum absolute atomic E-state index is 0.181. The number of H-pyrrole nitrogens is 1. The third-order valence-electron chi connectivity index (χ3n) is 3.77. The summed E-state index contributed by atoms with van der Waals surface area (Å²) < 4.78 is 5.34. The number of aromatic nitrogens is 1. The second-order valence-electron chi connectivity index (χ2n) is 5.50. The molecule has 0 bridgehead atoms. The van der Waals surface area contributed by atoms with E-state index in [1.165, 1.54) is 0 Å². The number of nitrogens with two attached hydrogens (primary N) is 1. The van der Waals surface area contributed by atoms with Crippen LogP contribution in [0.4, 0.5) is 5.82 Å². The number of nitrogens with zero attached hydrogens (tertiary/aromatic N) is 3.